The zero-order chi connectivity index (χ0) is 15.0. The van der Waals surface area contributed by atoms with E-state index in [1.807, 2.05) is 0 Å². The van der Waals surface area contributed by atoms with Crippen molar-refractivity contribution in [3.8, 4) is 0 Å². The fourth-order valence-corrected chi connectivity index (χ4v) is 3.31. The molecular weight excluding hydrogens is 298 g/mol. The lowest BCUT2D eigenvalue weighted by Crippen LogP contribution is -2.20. The van der Waals surface area contributed by atoms with E-state index in [2.05, 4.69) is 10.2 Å². The van der Waals surface area contributed by atoms with Gasteiger partial charge in [0.1, 0.15) is 4.90 Å². The van der Waals surface area contributed by atoms with E-state index in [-0.39, 0.29) is 29.0 Å². The number of primary sulfonamides is 1. The van der Waals surface area contributed by atoms with Crippen molar-refractivity contribution in [2.45, 2.75) is 30.1 Å². The third-order valence-corrected chi connectivity index (χ3v) is 4.67. The number of aromatic nitrogens is 2. The third-order valence-electron chi connectivity index (χ3n) is 3.69. The highest BCUT2D eigenvalue weighted by Crippen LogP contribution is 2.42. The summed E-state index contributed by atoms with van der Waals surface area (Å²) < 4.78 is 33.8. The molecule has 0 radical (unpaired) electrons. The third kappa shape index (κ3) is 3.09. The van der Waals surface area contributed by atoms with Crippen LogP contribution in [0.3, 0.4) is 0 Å². The maximum atomic E-state index is 12.1. The summed E-state index contributed by atoms with van der Waals surface area (Å²) in [5, 5.41) is 11.6. The van der Waals surface area contributed by atoms with Gasteiger partial charge in [0.25, 0.3) is 0 Å². The number of hydrogen-bond acceptors (Lipinski definition) is 6. The summed E-state index contributed by atoms with van der Waals surface area (Å²) in [5.41, 5.74) is 0.159. The standard InChI is InChI=1S/C12H17N3O5S/c13-21(17,18)11-9(8-1-2-8)14-15-10(11)12(16)20-6-7-3-4-19-5-7/h7-8H,1-6H2,(H,14,15)(H2,13,17,18). The van der Waals surface area contributed by atoms with Crippen molar-refractivity contribution in [1.29, 1.82) is 0 Å². The predicted octanol–water partition coefficient (Wildman–Crippen LogP) is 0.128. The van der Waals surface area contributed by atoms with E-state index in [0.29, 0.717) is 18.9 Å². The molecule has 1 aliphatic carbocycles. The largest absolute Gasteiger partial charge is 0.460 e. The Morgan fingerprint density at radius 2 is 2.19 bits per heavy atom. The summed E-state index contributed by atoms with van der Waals surface area (Å²) in [6.45, 7) is 1.39. The molecule has 2 aliphatic rings. The number of aromatic amines is 1. The van der Waals surface area contributed by atoms with Crippen LogP contribution in [0.4, 0.5) is 0 Å². The van der Waals surface area contributed by atoms with Crippen LogP contribution in [0, 0.1) is 5.92 Å². The molecule has 2 fully saturated rings. The fourth-order valence-electron chi connectivity index (χ4n) is 2.40. The van der Waals surface area contributed by atoms with Crippen LogP contribution in [0.5, 0.6) is 0 Å². The summed E-state index contributed by atoms with van der Waals surface area (Å²) >= 11 is 0. The van der Waals surface area contributed by atoms with Crippen LogP contribution >= 0.6 is 0 Å². The average Bonchev–Trinajstić information content (AvgIpc) is 2.96. The molecule has 1 saturated heterocycles. The van der Waals surface area contributed by atoms with Crippen LogP contribution in [0.15, 0.2) is 4.90 Å². The maximum absolute atomic E-state index is 12.1. The lowest BCUT2D eigenvalue weighted by molar-refractivity contribution is 0.0417. The number of nitrogens with one attached hydrogen (secondary N) is 1. The van der Waals surface area contributed by atoms with E-state index in [9.17, 15) is 13.2 Å². The summed E-state index contributed by atoms with van der Waals surface area (Å²) in [6, 6.07) is 0. The predicted molar refractivity (Wildman–Crippen MR) is 71.1 cm³/mol. The highest BCUT2D eigenvalue weighted by atomic mass is 32.2. The van der Waals surface area contributed by atoms with Gasteiger partial charge < -0.3 is 9.47 Å². The van der Waals surface area contributed by atoms with Crippen molar-refractivity contribution in [1.82, 2.24) is 10.2 Å². The summed E-state index contributed by atoms with van der Waals surface area (Å²) in [4.78, 5) is 11.8. The maximum Gasteiger partial charge on any atom is 0.360 e. The normalized spacial score (nSPS) is 22.4. The summed E-state index contributed by atoms with van der Waals surface area (Å²) in [7, 11) is -4.03. The van der Waals surface area contributed by atoms with Gasteiger partial charge in [-0.3, -0.25) is 5.10 Å². The van der Waals surface area contributed by atoms with Crippen LogP contribution in [-0.4, -0.2) is 44.4 Å². The number of hydrogen-bond donors (Lipinski definition) is 2. The number of carbonyl (C=O) groups is 1. The van der Waals surface area contributed by atoms with Crippen LogP contribution in [-0.2, 0) is 19.5 Å². The first-order valence-corrected chi connectivity index (χ1v) is 8.37. The Kier molecular flexibility index (Phi) is 3.72. The van der Waals surface area contributed by atoms with E-state index in [4.69, 9.17) is 14.6 Å². The van der Waals surface area contributed by atoms with Gasteiger partial charge in [-0.2, -0.15) is 5.10 Å². The number of carbonyl (C=O) groups excluding carboxylic acids is 1. The second-order valence-corrected chi connectivity index (χ2v) is 6.96. The van der Waals surface area contributed by atoms with Gasteiger partial charge in [-0.25, -0.2) is 18.4 Å². The smallest absolute Gasteiger partial charge is 0.360 e. The Morgan fingerprint density at radius 1 is 1.43 bits per heavy atom. The molecule has 3 N–H and O–H groups in total. The molecule has 0 bridgehead atoms. The summed E-state index contributed by atoms with van der Waals surface area (Å²) in [5.74, 6) is -0.543. The topological polar surface area (TPSA) is 124 Å². The second-order valence-electron chi connectivity index (χ2n) is 5.46. The Morgan fingerprint density at radius 3 is 2.76 bits per heavy atom. The Bertz CT molecular complexity index is 644. The number of H-pyrrole nitrogens is 1. The van der Waals surface area contributed by atoms with Gasteiger partial charge in [0.05, 0.1) is 18.9 Å². The molecule has 1 aromatic heterocycles. The van der Waals surface area contributed by atoms with Crippen molar-refractivity contribution in [3.05, 3.63) is 11.4 Å². The van der Waals surface area contributed by atoms with Gasteiger partial charge in [-0.15, -0.1) is 0 Å². The highest BCUT2D eigenvalue weighted by Gasteiger charge is 2.36. The molecule has 9 heteroatoms. The molecule has 2 heterocycles. The van der Waals surface area contributed by atoms with Crippen molar-refractivity contribution < 1.29 is 22.7 Å². The molecule has 1 saturated carbocycles. The van der Waals surface area contributed by atoms with E-state index in [1.165, 1.54) is 0 Å². The monoisotopic (exact) mass is 315 g/mol. The fraction of sp³-hybridized carbons (Fsp3) is 0.667. The Balaban J connectivity index is 1.79. The zero-order valence-corrected chi connectivity index (χ0v) is 12.2. The molecular formula is C12H17N3O5S. The molecule has 8 nitrogen and oxygen atoms in total. The lowest BCUT2D eigenvalue weighted by atomic mass is 10.1. The Hall–Kier alpha value is -1.45. The molecule has 116 valence electrons. The SMILES string of the molecule is NS(=O)(=O)c1c(C(=O)OCC2CCOC2)n[nH]c1C1CC1. The average molecular weight is 315 g/mol. The number of nitrogens with two attached hydrogens (primary N) is 1. The van der Waals surface area contributed by atoms with E-state index < -0.39 is 16.0 Å². The minimum atomic E-state index is -4.03. The first kappa shape index (κ1) is 14.5. The highest BCUT2D eigenvalue weighted by molar-refractivity contribution is 7.89. The molecule has 3 rings (SSSR count). The van der Waals surface area contributed by atoms with Gasteiger partial charge in [0.15, 0.2) is 5.69 Å². The van der Waals surface area contributed by atoms with Crippen LogP contribution in [0.2, 0.25) is 0 Å². The molecule has 21 heavy (non-hydrogen) atoms. The molecule has 0 aromatic carbocycles. The minimum absolute atomic E-state index is 0.0793. The molecule has 1 aromatic rings. The van der Waals surface area contributed by atoms with Crippen molar-refractivity contribution in [3.63, 3.8) is 0 Å². The van der Waals surface area contributed by atoms with Crippen LogP contribution in [0.1, 0.15) is 41.4 Å². The van der Waals surface area contributed by atoms with E-state index >= 15 is 0 Å². The minimum Gasteiger partial charge on any atom is -0.460 e. The molecule has 0 spiro atoms. The number of esters is 1. The lowest BCUT2D eigenvalue weighted by Gasteiger charge is -2.08. The van der Waals surface area contributed by atoms with Crippen molar-refractivity contribution >= 4 is 16.0 Å². The Labute approximate surface area is 122 Å². The number of sulfonamides is 1. The van der Waals surface area contributed by atoms with Crippen LogP contribution in [0.25, 0.3) is 0 Å². The van der Waals surface area contributed by atoms with Gasteiger partial charge in [-0.05, 0) is 19.3 Å². The van der Waals surface area contributed by atoms with Gasteiger partial charge >= 0.3 is 5.97 Å². The van der Waals surface area contributed by atoms with Gasteiger partial charge in [0.2, 0.25) is 10.0 Å². The molecule has 0 amide bonds. The zero-order valence-electron chi connectivity index (χ0n) is 11.4. The van der Waals surface area contributed by atoms with E-state index in [1.54, 1.807) is 0 Å². The molecule has 1 atom stereocenters. The van der Waals surface area contributed by atoms with E-state index in [0.717, 1.165) is 19.3 Å². The number of nitrogens with zero attached hydrogens (tertiary/aromatic N) is 1. The number of rotatable bonds is 5. The van der Waals surface area contributed by atoms with Gasteiger partial charge in [-0.1, -0.05) is 0 Å². The first-order valence-electron chi connectivity index (χ1n) is 6.82. The van der Waals surface area contributed by atoms with Crippen molar-refractivity contribution in [2.24, 2.45) is 11.1 Å². The molecule has 1 aliphatic heterocycles. The second kappa shape index (κ2) is 5.39. The van der Waals surface area contributed by atoms with Crippen molar-refractivity contribution in [2.75, 3.05) is 19.8 Å². The molecule has 1 unspecified atom stereocenters. The first-order chi connectivity index (χ1) is 9.97. The van der Waals surface area contributed by atoms with Crippen LogP contribution < -0.4 is 5.14 Å². The van der Waals surface area contributed by atoms with Gasteiger partial charge in [0, 0.05) is 18.4 Å². The number of ether oxygens (including phenoxy) is 2. The summed E-state index contributed by atoms with van der Waals surface area (Å²) in [6.07, 6.45) is 2.54. The quantitative estimate of drug-likeness (QED) is 0.744.